The van der Waals surface area contributed by atoms with Crippen LogP contribution in [0.1, 0.15) is 30.7 Å². The molecule has 0 aliphatic heterocycles. The molecule has 0 radical (unpaired) electrons. The molecule has 0 amide bonds. The van der Waals surface area contributed by atoms with Crippen LogP contribution in [0.5, 0.6) is 0 Å². The van der Waals surface area contributed by atoms with Crippen molar-refractivity contribution in [3.63, 3.8) is 0 Å². The molecule has 0 spiro atoms. The molecule has 0 fully saturated rings. The van der Waals surface area contributed by atoms with E-state index in [1.54, 1.807) is 12.3 Å². The van der Waals surface area contributed by atoms with Gasteiger partial charge in [-0.25, -0.2) is 0 Å². The van der Waals surface area contributed by atoms with Crippen molar-refractivity contribution in [3.8, 4) is 0 Å². The summed E-state index contributed by atoms with van der Waals surface area (Å²) in [6.45, 7) is 4.15. The van der Waals surface area contributed by atoms with E-state index in [1.165, 1.54) is 0 Å². The van der Waals surface area contributed by atoms with Crippen LogP contribution in [-0.4, -0.2) is 13.2 Å². The first-order valence-corrected chi connectivity index (χ1v) is 7.71. The zero-order valence-corrected chi connectivity index (χ0v) is 13.5. The average Bonchev–Trinajstić information content (AvgIpc) is 2.95. The van der Waals surface area contributed by atoms with Crippen molar-refractivity contribution in [2.45, 2.75) is 26.0 Å². The molecule has 5 heteroatoms. The summed E-state index contributed by atoms with van der Waals surface area (Å²) >= 11 is 12.1. The zero-order valence-electron chi connectivity index (χ0n) is 11.9. The first-order chi connectivity index (χ1) is 10.2. The number of nitrogens with one attached hydrogen (secondary N) is 1. The van der Waals surface area contributed by atoms with Crippen LogP contribution in [0.15, 0.2) is 41.0 Å². The lowest BCUT2D eigenvalue weighted by Gasteiger charge is -2.15. The van der Waals surface area contributed by atoms with Crippen LogP contribution in [-0.2, 0) is 11.3 Å². The fourth-order valence-corrected chi connectivity index (χ4v) is 2.60. The van der Waals surface area contributed by atoms with Gasteiger partial charge in [0.05, 0.1) is 6.26 Å². The maximum atomic E-state index is 6.18. The van der Waals surface area contributed by atoms with Gasteiger partial charge in [0.25, 0.3) is 0 Å². The summed E-state index contributed by atoms with van der Waals surface area (Å²) in [6.07, 6.45) is 2.58. The minimum absolute atomic E-state index is 0.180. The quantitative estimate of drug-likeness (QED) is 0.704. The Hall–Kier alpha value is -1.000. The number of furan rings is 1. The molecule has 1 atom stereocenters. The predicted molar refractivity (Wildman–Crippen MR) is 85.9 cm³/mol. The Balaban J connectivity index is 1.63. The van der Waals surface area contributed by atoms with Gasteiger partial charge < -0.3 is 14.5 Å². The van der Waals surface area contributed by atoms with E-state index in [-0.39, 0.29) is 6.04 Å². The third-order valence-electron chi connectivity index (χ3n) is 3.17. The van der Waals surface area contributed by atoms with Crippen molar-refractivity contribution in [3.05, 3.63) is 58.0 Å². The van der Waals surface area contributed by atoms with Crippen molar-refractivity contribution >= 4 is 23.2 Å². The van der Waals surface area contributed by atoms with Crippen LogP contribution in [0.2, 0.25) is 10.0 Å². The van der Waals surface area contributed by atoms with Gasteiger partial charge in [-0.3, -0.25) is 0 Å². The smallest absolute Gasteiger partial charge is 0.129 e. The second-order valence-corrected chi connectivity index (χ2v) is 5.67. The number of hydrogen-bond donors (Lipinski definition) is 1. The van der Waals surface area contributed by atoms with Gasteiger partial charge in [0, 0.05) is 22.7 Å². The fraction of sp³-hybridized carbons (Fsp3) is 0.375. The van der Waals surface area contributed by atoms with E-state index >= 15 is 0 Å². The number of benzene rings is 1. The number of ether oxygens (including phenoxy) is 1. The van der Waals surface area contributed by atoms with E-state index in [0.29, 0.717) is 23.3 Å². The molecule has 0 bridgehead atoms. The standard InChI is InChI=1S/C16H19Cl2NO2/c1-12(15-6-5-13(17)10-16(15)18)19-7-3-8-20-11-14-4-2-9-21-14/h2,4-6,9-10,12,19H,3,7-8,11H2,1H3. The molecule has 1 aromatic heterocycles. The maximum Gasteiger partial charge on any atom is 0.129 e. The highest BCUT2D eigenvalue weighted by Crippen LogP contribution is 2.25. The summed E-state index contributed by atoms with van der Waals surface area (Å²) in [5.41, 5.74) is 1.05. The predicted octanol–water partition coefficient (Wildman–Crippen LogP) is 4.84. The lowest BCUT2D eigenvalue weighted by atomic mass is 10.1. The summed E-state index contributed by atoms with van der Waals surface area (Å²) in [7, 11) is 0. The molecule has 1 unspecified atom stereocenters. The van der Waals surface area contributed by atoms with E-state index in [1.807, 2.05) is 24.3 Å². The molecule has 3 nitrogen and oxygen atoms in total. The molecule has 1 aromatic carbocycles. The summed E-state index contributed by atoms with van der Waals surface area (Å²) in [6, 6.07) is 9.52. The van der Waals surface area contributed by atoms with Crippen LogP contribution in [0, 0.1) is 0 Å². The van der Waals surface area contributed by atoms with Crippen molar-refractivity contribution < 1.29 is 9.15 Å². The molecule has 2 rings (SSSR count). The number of halogens is 2. The molecule has 1 N–H and O–H groups in total. The SMILES string of the molecule is CC(NCCCOCc1ccco1)c1ccc(Cl)cc1Cl. The Morgan fingerprint density at radius 1 is 1.29 bits per heavy atom. The first kappa shape index (κ1) is 16.4. The molecule has 0 saturated carbocycles. The van der Waals surface area contributed by atoms with Gasteiger partial charge in [-0.1, -0.05) is 29.3 Å². The first-order valence-electron chi connectivity index (χ1n) is 6.95. The summed E-state index contributed by atoms with van der Waals surface area (Å²) in [4.78, 5) is 0. The summed E-state index contributed by atoms with van der Waals surface area (Å²) in [5, 5.41) is 4.77. The van der Waals surface area contributed by atoms with Gasteiger partial charge in [-0.2, -0.15) is 0 Å². The van der Waals surface area contributed by atoms with Crippen molar-refractivity contribution in [2.75, 3.05) is 13.2 Å². The van der Waals surface area contributed by atoms with Crippen LogP contribution < -0.4 is 5.32 Å². The largest absolute Gasteiger partial charge is 0.467 e. The minimum atomic E-state index is 0.180. The molecule has 21 heavy (non-hydrogen) atoms. The van der Waals surface area contributed by atoms with Crippen LogP contribution in [0.25, 0.3) is 0 Å². The minimum Gasteiger partial charge on any atom is -0.467 e. The van der Waals surface area contributed by atoms with Crippen molar-refractivity contribution in [2.24, 2.45) is 0 Å². The Bertz CT molecular complexity index is 543. The summed E-state index contributed by atoms with van der Waals surface area (Å²) in [5.74, 6) is 0.851. The molecular weight excluding hydrogens is 309 g/mol. The highest BCUT2D eigenvalue weighted by atomic mass is 35.5. The summed E-state index contributed by atoms with van der Waals surface area (Å²) < 4.78 is 10.7. The molecule has 0 aliphatic rings. The second kappa shape index (κ2) is 8.44. The van der Waals surface area contributed by atoms with E-state index in [9.17, 15) is 0 Å². The monoisotopic (exact) mass is 327 g/mol. The van der Waals surface area contributed by atoms with Crippen molar-refractivity contribution in [1.82, 2.24) is 5.32 Å². The van der Waals surface area contributed by atoms with E-state index in [0.717, 1.165) is 24.3 Å². The Morgan fingerprint density at radius 3 is 2.86 bits per heavy atom. The fourth-order valence-electron chi connectivity index (χ4n) is 2.02. The van der Waals surface area contributed by atoms with Gasteiger partial charge in [-0.15, -0.1) is 0 Å². The molecular formula is C16H19Cl2NO2. The molecule has 0 aliphatic carbocycles. The molecule has 1 heterocycles. The Morgan fingerprint density at radius 2 is 2.14 bits per heavy atom. The third kappa shape index (κ3) is 5.36. The van der Waals surface area contributed by atoms with Gasteiger partial charge in [0.2, 0.25) is 0 Å². The van der Waals surface area contributed by atoms with Gasteiger partial charge in [-0.05, 0) is 49.7 Å². The third-order valence-corrected chi connectivity index (χ3v) is 3.73. The average molecular weight is 328 g/mol. The highest BCUT2D eigenvalue weighted by Gasteiger charge is 2.09. The molecule has 0 saturated heterocycles. The normalized spacial score (nSPS) is 12.5. The van der Waals surface area contributed by atoms with E-state index in [2.05, 4.69) is 12.2 Å². The van der Waals surface area contributed by atoms with Gasteiger partial charge in [0.1, 0.15) is 12.4 Å². The van der Waals surface area contributed by atoms with Crippen LogP contribution >= 0.6 is 23.2 Å². The number of hydrogen-bond acceptors (Lipinski definition) is 3. The Kier molecular flexibility index (Phi) is 6.58. The van der Waals surface area contributed by atoms with Crippen LogP contribution in [0.4, 0.5) is 0 Å². The zero-order chi connectivity index (χ0) is 15.1. The second-order valence-electron chi connectivity index (χ2n) is 4.83. The van der Waals surface area contributed by atoms with Gasteiger partial charge in [0.15, 0.2) is 0 Å². The number of rotatable bonds is 8. The Labute approximate surface area is 135 Å². The maximum absolute atomic E-state index is 6.18. The molecule has 2 aromatic rings. The van der Waals surface area contributed by atoms with Crippen LogP contribution in [0.3, 0.4) is 0 Å². The van der Waals surface area contributed by atoms with Crippen molar-refractivity contribution in [1.29, 1.82) is 0 Å². The van der Waals surface area contributed by atoms with E-state index < -0.39 is 0 Å². The molecule has 114 valence electrons. The lowest BCUT2D eigenvalue weighted by molar-refractivity contribution is 0.104. The van der Waals surface area contributed by atoms with E-state index in [4.69, 9.17) is 32.4 Å². The lowest BCUT2D eigenvalue weighted by Crippen LogP contribution is -2.21. The highest BCUT2D eigenvalue weighted by molar-refractivity contribution is 6.35. The van der Waals surface area contributed by atoms with Gasteiger partial charge >= 0.3 is 0 Å². The topological polar surface area (TPSA) is 34.4 Å².